The molecule has 134 valence electrons. The number of benzene rings is 2. The van der Waals surface area contributed by atoms with E-state index in [0.717, 1.165) is 10.5 Å². The van der Waals surface area contributed by atoms with E-state index in [4.69, 9.17) is 0 Å². The van der Waals surface area contributed by atoms with Crippen molar-refractivity contribution < 1.29 is 14.4 Å². The predicted molar refractivity (Wildman–Crippen MR) is 104 cm³/mol. The van der Waals surface area contributed by atoms with Crippen LogP contribution in [0.1, 0.15) is 32.7 Å². The molecule has 3 amide bonds. The first-order valence-electron chi connectivity index (χ1n) is 8.36. The molecule has 3 rings (SSSR count). The number of thioether (sulfide) groups is 1. The van der Waals surface area contributed by atoms with Crippen molar-refractivity contribution in [3.63, 3.8) is 0 Å². The molecule has 1 aliphatic heterocycles. The fraction of sp³-hybridized carbons (Fsp3) is 0.250. The van der Waals surface area contributed by atoms with E-state index in [0.29, 0.717) is 29.0 Å². The van der Waals surface area contributed by atoms with Crippen LogP contribution in [-0.2, 0) is 4.79 Å². The number of carbonyl (C=O) groups excluding carboxylic acids is 3. The quantitative estimate of drug-likeness (QED) is 0.794. The Labute approximate surface area is 156 Å². The molecule has 1 heterocycles. The van der Waals surface area contributed by atoms with Crippen molar-refractivity contribution >= 4 is 35.2 Å². The molecule has 2 aromatic rings. The number of nitrogens with zero attached hydrogens (tertiary/aromatic N) is 1. The van der Waals surface area contributed by atoms with E-state index in [2.05, 4.69) is 5.32 Å². The molecule has 0 radical (unpaired) electrons. The highest BCUT2D eigenvalue weighted by atomic mass is 32.2. The number of fused-ring (bicyclic) bond motifs is 1. The molecule has 1 atom stereocenters. The fourth-order valence-electron chi connectivity index (χ4n) is 2.96. The van der Waals surface area contributed by atoms with Crippen LogP contribution in [0.15, 0.2) is 48.5 Å². The van der Waals surface area contributed by atoms with E-state index in [1.165, 1.54) is 0 Å². The topological polar surface area (TPSA) is 66.5 Å². The van der Waals surface area contributed by atoms with Gasteiger partial charge in [-0.05, 0) is 49.6 Å². The van der Waals surface area contributed by atoms with Crippen molar-refractivity contribution in [2.75, 3.05) is 17.3 Å². The van der Waals surface area contributed by atoms with Crippen LogP contribution in [0.25, 0.3) is 0 Å². The summed E-state index contributed by atoms with van der Waals surface area (Å²) in [5.41, 5.74) is 2.44. The van der Waals surface area contributed by atoms with E-state index >= 15 is 0 Å². The van der Waals surface area contributed by atoms with Crippen LogP contribution < -0.4 is 5.32 Å². The van der Waals surface area contributed by atoms with Crippen LogP contribution in [0.4, 0.5) is 5.69 Å². The van der Waals surface area contributed by atoms with Crippen molar-refractivity contribution in [3.05, 3.63) is 65.2 Å². The maximum Gasteiger partial charge on any atom is 0.262 e. The van der Waals surface area contributed by atoms with Gasteiger partial charge in [-0.1, -0.05) is 29.8 Å². The van der Waals surface area contributed by atoms with Crippen LogP contribution in [0.3, 0.4) is 0 Å². The zero-order chi connectivity index (χ0) is 18.7. The first-order chi connectivity index (χ1) is 12.5. The smallest absolute Gasteiger partial charge is 0.262 e. The SMILES string of the molecule is CSCCC(C(=O)Nc1ccc(C)cc1)N1C(=O)c2ccccc2C1=O. The zero-order valence-corrected chi connectivity index (χ0v) is 15.5. The summed E-state index contributed by atoms with van der Waals surface area (Å²) in [7, 11) is 0. The lowest BCUT2D eigenvalue weighted by molar-refractivity contribution is -0.120. The molecular weight excluding hydrogens is 348 g/mol. The van der Waals surface area contributed by atoms with Crippen LogP contribution >= 0.6 is 11.8 Å². The number of hydrogen-bond acceptors (Lipinski definition) is 4. The molecule has 5 nitrogen and oxygen atoms in total. The third kappa shape index (κ3) is 3.51. The minimum absolute atomic E-state index is 0.350. The second kappa shape index (κ2) is 7.74. The second-order valence-corrected chi connectivity index (χ2v) is 7.16. The Kier molecular flexibility index (Phi) is 5.42. The Morgan fingerprint density at radius 2 is 1.62 bits per heavy atom. The van der Waals surface area contributed by atoms with E-state index in [-0.39, 0.29) is 5.91 Å². The Bertz CT molecular complexity index is 813. The lowest BCUT2D eigenvalue weighted by atomic mass is 10.1. The Hall–Kier alpha value is -2.60. The number of anilines is 1. The first-order valence-corrected chi connectivity index (χ1v) is 9.75. The summed E-state index contributed by atoms with van der Waals surface area (Å²) in [6, 6.07) is 13.3. The zero-order valence-electron chi connectivity index (χ0n) is 14.7. The normalized spacial score (nSPS) is 14.3. The molecule has 1 N–H and O–H groups in total. The van der Waals surface area contributed by atoms with Gasteiger partial charge in [-0.2, -0.15) is 11.8 Å². The monoisotopic (exact) mass is 368 g/mol. The molecule has 0 saturated carbocycles. The minimum Gasteiger partial charge on any atom is -0.324 e. The van der Waals surface area contributed by atoms with Crippen molar-refractivity contribution in [2.45, 2.75) is 19.4 Å². The van der Waals surface area contributed by atoms with Gasteiger partial charge in [-0.15, -0.1) is 0 Å². The van der Waals surface area contributed by atoms with Crippen molar-refractivity contribution in [3.8, 4) is 0 Å². The number of imide groups is 1. The standard InChI is InChI=1S/C20H20N2O3S/c1-13-7-9-14(10-8-13)21-18(23)17(11-12-26-2)22-19(24)15-5-3-4-6-16(15)20(22)25/h3-10,17H,11-12H2,1-2H3,(H,21,23). The molecule has 0 aliphatic carbocycles. The lowest BCUT2D eigenvalue weighted by Crippen LogP contribution is -2.47. The molecule has 0 aromatic heterocycles. The van der Waals surface area contributed by atoms with E-state index in [9.17, 15) is 14.4 Å². The van der Waals surface area contributed by atoms with Gasteiger partial charge in [0.1, 0.15) is 6.04 Å². The summed E-state index contributed by atoms with van der Waals surface area (Å²) in [5.74, 6) is -0.497. The van der Waals surface area contributed by atoms with Gasteiger partial charge >= 0.3 is 0 Å². The first kappa shape index (κ1) is 18.2. The molecule has 0 spiro atoms. The molecule has 1 unspecified atom stereocenters. The van der Waals surface area contributed by atoms with Gasteiger partial charge in [0.25, 0.3) is 11.8 Å². The largest absolute Gasteiger partial charge is 0.324 e. The summed E-state index contributed by atoms with van der Waals surface area (Å²) in [6.45, 7) is 1.96. The van der Waals surface area contributed by atoms with Crippen molar-refractivity contribution in [2.24, 2.45) is 0 Å². The molecule has 6 heteroatoms. The maximum atomic E-state index is 12.9. The molecule has 2 aromatic carbocycles. The molecular formula is C20H20N2O3S. The average Bonchev–Trinajstić information content (AvgIpc) is 2.89. The Morgan fingerprint density at radius 1 is 1.04 bits per heavy atom. The van der Waals surface area contributed by atoms with E-state index in [1.54, 1.807) is 48.2 Å². The molecule has 0 bridgehead atoms. The maximum absolute atomic E-state index is 12.9. The summed E-state index contributed by atoms with van der Waals surface area (Å²) < 4.78 is 0. The summed E-state index contributed by atoms with van der Waals surface area (Å²) in [6.07, 6.45) is 2.33. The highest BCUT2D eigenvalue weighted by Crippen LogP contribution is 2.26. The van der Waals surface area contributed by atoms with Gasteiger partial charge < -0.3 is 5.32 Å². The highest BCUT2D eigenvalue weighted by Gasteiger charge is 2.42. The number of nitrogens with one attached hydrogen (secondary N) is 1. The van der Waals surface area contributed by atoms with Crippen LogP contribution in [0.2, 0.25) is 0 Å². The Balaban J connectivity index is 1.86. The second-order valence-electron chi connectivity index (χ2n) is 6.18. The number of amides is 3. The summed E-state index contributed by atoms with van der Waals surface area (Å²) >= 11 is 1.57. The minimum atomic E-state index is -0.837. The summed E-state index contributed by atoms with van der Waals surface area (Å²) in [5, 5.41) is 2.83. The van der Waals surface area contributed by atoms with Gasteiger partial charge in [0.15, 0.2) is 0 Å². The number of carbonyl (C=O) groups is 3. The van der Waals surface area contributed by atoms with Crippen molar-refractivity contribution in [1.29, 1.82) is 0 Å². The number of aryl methyl sites for hydroxylation is 1. The molecule has 0 saturated heterocycles. The number of hydrogen-bond donors (Lipinski definition) is 1. The third-order valence-corrected chi connectivity index (χ3v) is 5.00. The Morgan fingerprint density at radius 3 is 2.15 bits per heavy atom. The van der Waals surface area contributed by atoms with Gasteiger partial charge in [0.05, 0.1) is 11.1 Å². The fourth-order valence-corrected chi connectivity index (χ4v) is 3.42. The molecule has 1 aliphatic rings. The van der Waals surface area contributed by atoms with Crippen LogP contribution in [-0.4, -0.2) is 40.7 Å². The van der Waals surface area contributed by atoms with E-state index < -0.39 is 17.9 Å². The van der Waals surface area contributed by atoms with Gasteiger partial charge in [-0.3, -0.25) is 19.3 Å². The molecule has 26 heavy (non-hydrogen) atoms. The predicted octanol–water partition coefficient (Wildman–Crippen LogP) is 3.35. The van der Waals surface area contributed by atoms with Crippen LogP contribution in [0.5, 0.6) is 0 Å². The molecule has 0 fully saturated rings. The van der Waals surface area contributed by atoms with Gasteiger partial charge in [0, 0.05) is 5.69 Å². The highest BCUT2D eigenvalue weighted by molar-refractivity contribution is 7.98. The van der Waals surface area contributed by atoms with Gasteiger partial charge in [-0.25, -0.2) is 0 Å². The third-order valence-electron chi connectivity index (χ3n) is 4.35. The van der Waals surface area contributed by atoms with Crippen LogP contribution in [0, 0.1) is 6.92 Å². The average molecular weight is 368 g/mol. The summed E-state index contributed by atoms with van der Waals surface area (Å²) in [4.78, 5) is 39.4. The van der Waals surface area contributed by atoms with Crippen molar-refractivity contribution in [1.82, 2.24) is 4.90 Å². The van der Waals surface area contributed by atoms with Gasteiger partial charge in [0.2, 0.25) is 5.91 Å². The number of rotatable bonds is 6. The van der Waals surface area contributed by atoms with E-state index in [1.807, 2.05) is 25.3 Å². The lowest BCUT2D eigenvalue weighted by Gasteiger charge is -2.25.